The molecule has 8 heteroatoms. The van der Waals surface area contributed by atoms with Gasteiger partial charge in [0.05, 0.1) is 0 Å². The van der Waals surface area contributed by atoms with E-state index in [9.17, 15) is 8.42 Å². The largest absolute Gasteiger partial charge is 0.374 e. The minimum Gasteiger partial charge on any atom is -0.374 e. The average molecular weight is 304 g/mol. The van der Waals surface area contributed by atoms with Crippen molar-refractivity contribution in [3.63, 3.8) is 0 Å². The molecule has 1 aliphatic rings. The molecule has 0 atom stereocenters. The van der Waals surface area contributed by atoms with Gasteiger partial charge in [0.1, 0.15) is 0 Å². The minimum absolute atomic E-state index is 0.000733. The quantitative estimate of drug-likeness (QED) is 0.895. The lowest BCUT2D eigenvalue weighted by atomic mass is 9.76. The molecule has 0 spiro atoms. The highest BCUT2D eigenvalue weighted by atomic mass is 32.2. The molecule has 0 saturated carbocycles. The summed E-state index contributed by atoms with van der Waals surface area (Å²) in [6, 6.07) is 0. The van der Waals surface area contributed by atoms with E-state index in [1.807, 2.05) is 0 Å². The Morgan fingerprint density at radius 2 is 1.84 bits per heavy atom. The van der Waals surface area contributed by atoms with Crippen molar-refractivity contribution in [3.8, 4) is 0 Å². The molecule has 0 bridgehead atoms. The number of rotatable bonds is 2. The van der Waals surface area contributed by atoms with E-state index in [2.05, 4.69) is 31.0 Å². The van der Waals surface area contributed by atoms with Gasteiger partial charge in [0.15, 0.2) is 0 Å². The van der Waals surface area contributed by atoms with Gasteiger partial charge in [-0.1, -0.05) is 32.1 Å². The number of hydrogen-bond donors (Lipinski definition) is 1. The van der Waals surface area contributed by atoms with Gasteiger partial charge in [-0.3, -0.25) is 0 Å². The first kappa shape index (κ1) is 14.7. The van der Waals surface area contributed by atoms with Crippen LogP contribution in [0, 0.1) is 11.3 Å². The van der Waals surface area contributed by atoms with Crippen LogP contribution in [-0.2, 0) is 10.0 Å². The lowest BCUT2D eigenvalue weighted by Crippen LogP contribution is -2.41. The molecule has 0 aliphatic carbocycles. The van der Waals surface area contributed by atoms with Crippen LogP contribution in [0.4, 0.5) is 5.13 Å². The fraction of sp³-hybridized carbons (Fsp3) is 0.818. The molecule has 0 aromatic carbocycles. The van der Waals surface area contributed by atoms with Gasteiger partial charge in [0.2, 0.25) is 9.47 Å². The Labute approximate surface area is 118 Å². The third-order valence-electron chi connectivity index (χ3n) is 3.66. The predicted molar refractivity (Wildman–Crippen MR) is 75.3 cm³/mol. The van der Waals surface area contributed by atoms with Crippen molar-refractivity contribution in [2.75, 3.05) is 18.8 Å². The molecule has 0 unspecified atom stereocenters. The summed E-state index contributed by atoms with van der Waals surface area (Å²) in [6.45, 7) is 7.70. The Bertz CT molecular complexity index is 539. The fourth-order valence-electron chi connectivity index (χ4n) is 2.40. The molecule has 6 nitrogen and oxygen atoms in total. The van der Waals surface area contributed by atoms with Crippen LogP contribution in [0.15, 0.2) is 4.34 Å². The van der Waals surface area contributed by atoms with E-state index in [1.54, 1.807) is 0 Å². The molecule has 1 aromatic heterocycles. The van der Waals surface area contributed by atoms with Crippen molar-refractivity contribution in [2.45, 2.75) is 38.0 Å². The second-order valence-electron chi connectivity index (χ2n) is 5.95. The van der Waals surface area contributed by atoms with Crippen LogP contribution in [0.3, 0.4) is 0 Å². The maximum Gasteiger partial charge on any atom is 0.272 e. The Balaban J connectivity index is 2.09. The molecule has 1 aliphatic heterocycles. The van der Waals surface area contributed by atoms with Crippen molar-refractivity contribution in [1.82, 2.24) is 14.5 Å². The van der Waals surface area contributed by atoms with Crippen molar-refractivity contribution in [2.24, 2.45) is 11.3 Å². The van der Waals surface area contributed by atoms with Crippen molar-refractivity contribution < 1.29 is 8.42 Å². The van der Waals surface area contributed by atoms with Crippen molar-refractivity contribution in [1.29, 1.82) is 0 Å². The summed E-state index contributed by atoms with van der Waals surface area (Å²) in [5.41, 5.74) is 5.67. The first-order chi connectivity index (χ1) is 8.71. The van der Waals surface area contributed by atoms with Crippen LogP contribution in [-0.4, -0.2) is 36.0 Å². The SMILES string of the molecule is CC(C)(C)C1CCN(S(=O)(=O)c2nnc(N)s2)CC1. The Morgan fingerprint density at radius 1 is 1.26 bits per heavy atom. The maximum atomic E-state index is 12.3. The van der Waals surface area contributed by atoms with Gasteiger partial charge in [-0.2, -0.15) is 4.31 Å². The van der Waals surface area contributed by atoms with Gasteiger partial charge in [-0.05, 0) is 24.2 Å². The van der Waals surface area contributed by atoms with Gasteiger partial charge < -0.3 is 5.73 Å². The van der Waals surface area contributed by atoms with Crippen molar-refractivity contribution in [3.05, 3.63) is 0 Å². The normalized spacial score (nSPS) is 19.7. The first-order valence-electron chi connectivity index (χ1n) is 6.30. The Hall–Kier alpha value is -0.730. The van der Waals surface area contributed by atoms with Crippen molar-refractivity contribution >= 4 is 26.5 Å². The summed E-state index contributed by atoms with van der Waals surface area (Å²) < 4.78 is 26.2. The average Bonchev–Trinajstić information content (AvgIpc) is 2.76. The van der Waals surface area contributed by atoms with Gasteiger partial charge in [0.25, 0.3) is 10.0 Å². The standard InChI is InChI=1S/C11H20N4O2S2/c1-11(2,3)8-4-6-15(7-5-8)19(16,17)10-14-13-9(12)18-10/h8H,4-7H2,1-3H3,(H2,12,13). The smallest absolute Gasteiger partial charge is 0.272 e. The lowest BCUT2D eigenvalue weighted by molar-refractivity contribution is 0.154. The van der Waals surface area contributed by atoms with Gasteiger partial charge in [0, 0.05) is 13.1 Å². The van der Waals surface area contributed by atoms with Crippen LogP contribution >= 0.6 is 11.3 Å². The molecule has 2 N–H and O–H groups in total. The van der Waals surface area contributed by atoms with Crippen LogP contribution in [0.25, 0.3) is 0 Å². The summed E-state index contributed by atoms with van der Waals surface area (Å²) in [6.07, 6.45) is 1.77. The summed E-state index contributed by atoms with van der Waals surface area (Å²) >= 11 is 0.921. The van der Waals surface area contributed by atoms with E-state index < -0.39 is 10.0 Å². The Kier molecular flexibility index (Phi) is 3.85. The highest BCUT2D eigenvalue weighted by Gasteiger charge is 2.35. The number of nitrogen functional groups attached to an aromatic ring is 1. The Morgan fingerprint density at radius 3 is 2.26 bits per heavy atom. The second-order valence-corrected chi connectivity index (χ2v) is 9.07. The van der Waals surface area contributed by atoms with E-state index in [0.717, 1.165) is 24.2 Å². The molecule has 19 heavy (non-hydrogen) atoms. The molecule has 1 fully saturated rings. The molecular formula is C11H20N4O2S2. The van der Waals surface area contributed by atoms with Crippen LogP contribution < -0.4 is 5.73 Å². The van der Waals surface area contributed by atoms with E-state index in [1.165, 1.54) is 4.31 Å². The molecule has 108 valence electrons. The minimum atomic E-state index is -3.51. The van der Waals surface area contributed by atoms with E-state index >= 15 is 0 Å². The zero-order chi connectivity index (χ0) is 14.3. The number of piperidine rings is 1. The second kappa shape index (κ2) is 4.99. The molecule has 1 aromatic rings. The number of aromatic nitrogens is 2. The molecular weight excluding hydrogens is 284 g/mol. The molecule has 1 saturated heterocycles. The third-order valence-corrected chi connectivity index (χ3v) is 6.66. The number of anilines is 1. The van der Waals surface area contributed by atoms with E-state index in [4.69, 9.17) is 5.73 Å². The monoisotopic (exact) mass is 304 g/mol. The zero-order valence-electron chi connectivity index (χ0n) is 11.5. The summed E-state index contributed by atoms with van der Waals surface area (Å²) in [5, 5.41) is 7.40. The predicted octanol–water partition coefficient (Wildman–Crippen LogP) is 1.57. The maximum absolute atomic E-state index is 12.3. The molecule has 2 rings (SSSR count). The van der Waals surface area contributed by atoms with E-state index in [-0.39, 0.29) is 14.9 Å². The number of nitrogens with zero attached hydrogens (tertiary/aromatic N) is 3. The first-order valence-corrected chi connectivity index (χ1v) is 8.56. The highest BCUT2D eigenvalue weighted by molar-refractivity contribution is 7.91. The highest BCUT2D eigenvalue weighted by Crippen LogP contribution is 2.35. The number of hydrogen-bond acceptors (Lipinski definition) is 6. The number of nitrogens with two attached hydrogens (primary N) is 1. The third kappa shape index (κ3) is 3.06. The fourth-order valence-corrected chi connectivity index (χ4v) is 4.79. The zero-order valence-corrected chi connectivity index (χ0v) is 13.1. The summed E-state index contributed by atoms with van der Waals surface area (Å²) in [4.78, 5) is 0. The van der Waals surface area contributed by atoms with Crippen LogP contribution in [0.2, 0.25) is 0 Å². The van der Waals surface area contributed by atoms with Gasteiger partial charge >= 0.3 is 0 Å². The summed E-state index contributed by atoms with van der Waals surface area (Å²) in [5.74, 6) is 0.554. The number of sulfonamides is 1. The molecule has 2 heterocycles. The van der Waals surface area contributed by atoms with E-state index in [0.29, 0.717) is 19.0 Å². The molecule has 0 amide bonds. The van der Waals surface area contributed by atoms with Gasteiger partial charge in [-0.15, -0.1) is 10.2 Å². The molecule has 0 radical (unpaired) electrons. The van der Waals surface area contributed by atoms with Crippen LogP contribution in [0.1, 0.15) is 33.6 Å². The lowest BCUT2D eigenvalue weighted by Gasteiger charge is -2.37. The topological polar surface area (TPSA) is 89.2 Å². The van der Waals surface area contributed by atoms with Gasteiger partial charge in [-0.25, -0.2) is 8.42 Å². The van der Waals surface area contributed by atoms with Crippen LogP contribution in [0.5, 0.6) is 0 Å². The summed E-state index contributed by atoms with van der Waals surface area (Å²) in [7, 11) is -3.51.